The van der Waals surface area contributed by atoms with Crippen LogP contribution >= 0.6 is 0 Å². The molecule has 1 rings (SSSR count). The molecule has 0 radical (unpaired) electrons. The predicted molar refractivity (Wildman–Crippen MR) is 309 cm³/mol. The topological polar surface area (TPSA) is 232 Å². The van der Waals surface area contributed by atoms with Gasteiger partial charge in [0.05, 0.1) is 12.6 Å². The zero-order valence-electron chi connectivity index (χ0n) is 51.5. The maximum atomic E-state index is 14.5. The molecule has 0 aliphatic carbocycles. The maximum absolute atomic E-state index is 14.5. The van der Waals surface area contributed by atoms with Crippen molar-refractivity contribution in [1.82, 2.24) is 5.32 Å². The minimum atomic E-state index is -1.68. The number of esters is 7. The Hall–Kier alpha value is -4.58. The largest absolute Gasteiger partial charge is 0.463 e. The first-order valence-corrected chi connectivity index (χ1v) is 31.3. The summed E-state index contributed by atoms with van der Waals surface area (Å²) in [7, 11) is 0. The molecule has 18 nitrogen and oxygen atoms in total. The van der Waals surface area contributed by atoms with Gasteiger partial charge in [-0.05, 0) is 44.9 Å². The van der Waals surface area contributed by atoms with E-state index in [2.05, 4.69) is 31.3 Å². The highest BCUT2D eigenvalue weighted by Gasteiger charge is 2.53. The Morgan fingerprint density at radius 1 is 0.432 bits per heavy atom. The summed E-state index contributed by atoms with van der Waals surface area (Å²) in [5, 5.41) is 2.86. The van der Waals surface area contributed by atoms with E-state index in [1.165, 1.54) is 149 Å². The first kappa shape index (κ1) is 74.4. The van der Waals surface area contributed by atoms with Gasteiger partial charge in [0.2, 0.25) is 0 Å². The standard InChI is InChI=1S/C63H109NO17/c1-10-12-14-16-18-20-22-24-25-26-27-28-29-30-31-32-34-36-38-40-42-44-56(76-49(5)67)62(72)64-54(58(77-50(6)68)55(75-48(4)66)43-41-39-37-35-33-23-21-19-17-15-13-11-2)45-74-63-61(80-53(9)71)60(79-52(8)70)59(78-51(7)69)57(81-63)46-73-47(3)65/h35,37,54-61,63H,10-34,36,38-46H2,1-9H3,(H,64,72)/b37-35-/t54-,55+,56+,57+,58-,59+,60-,61+,63+/m0/s1. The minimum Gasteiger partial charge on any atom is -0.463 e. The van der Waals surface area contributed by atoms with Crippen LogP contribution in [-0.4, -0.2) is 116 Å². The first-order valence-electron chi connectivity index (χ1n) is 31.3. The number of unbranched alkanes of at least 4 members (excludes halogenated alkanes) is 28. The molecule has 1 saturated heterocycles. The number of amides is 1. The predicted octanol–water partition coefficient (Wildman–Crippen LogP) is 12.8. The van der Waals surface area contributed by atoms with E-state index < -0.39 is 116 Å². The second kappa shape index (κ2) is 47.9. The highest BCUT2D eigenvalue weighted by molar-refractivity contribution is 5.83. The molecule has 0 spiro atoms. The number of rotatable bonds is 49. The zero-order chi connectivity index (χ0) is 60.0. The van der Waals surface area contributed by atoms with E-state index in [4.69, 9.17) is 42.6 Å². The second-order valence-corrected chi connectivity index (χ2v) is 22.0. The molecule has 0 aromatic rings. The van der Waals surface area contributed by atoms with E-state index >= 15 is 0 Å². The molecular weight excluding hydrogens is 1040 g/mol. The van der Waals surface area contributed by atoms with Crippen molar-refractivity contribution in [2.45, 2.75) is 329 Å². The Morgan fingerprint density at radius 3 is 1.27 bits per heavy atom. The number of nitrogens with one attached hydrogen (secondary N) is 1. The van der Waals surface area contributed by atoms with Crippen LogP contribution in [0.4, 0.5) is 0 Å². The number of allylic oxidation sites excluding steroid dienone is 2. The summed E-state index contributed by atoms with van der Waals surface area (Å²) in [5.41, 5.74) is 0. The number of ether oxygens (including phenoxy) is 9. The van der Waals surface area contributed by atoms with E-state index in [-0.39, 0.29) is 12.8 Å². The molecule has 1 fully saturated rings. The monoisotopic (exact) mass is 1150 g/mol. The third kappa shape index (κ3) is 38.8. The molecule has 468 valence electrons. The SMILES string of the molecule is CCCCCCCCC/C=C\CCC[C@@H](OC(C)=O)[C@@H](OC(C)=O)[C@H](CO[C@@H]1O[C@H](COC(C)=O)[C@@H](OC(C)=O)[C@H](OC(C)=O)[C@H]1OC(C)=O)NC(=O)[C@@H](CCCCCCCCCCCCCCCCCCCCCCC)OC(C)=O. The summed E-state index contributed by atoms with van der Waals surface area (Å²) < 4.78 is 51.8. The van der Waals surface area contributed by atoms with Gasteiger partial charge in [-0.2, -0.15) is 0 Å². The molecule has 81 heavy (non-hydrogen) atoms. The number of hydrogen-bond acceptors (Lipinski definition) is 17. The smallest absolute Gasteiger partial charge is 0.303 e. The van der Waals surface area contributed by atoms with Crippen LogP contribution in [0.1, 0.15) is 274 Å². The van der Waals surface area contributed by atoms with Crippen molar-refractivity contribution in [2.24, 2.45) is 0 Å². The van der Waals surface area contributed by atoms with Crippen molar-refractivity contribution in [1.29, 1.82) is 0 Å². The van der Waals surface area contributed by atoms with Crippen molar-refractivity contribution < 1.29 is 81.0 Å². The summed E-state index contributed by atoms with van der Waals surface area (Å²) >= 11 is 0. The van der Waals surface area contributed by atoms with E-state index in [1.54, 1.807) is 0 Å². The molecular formula is C63H109NO17. The van der Waals surface area contributed by atoms with Gasteiger partial charge in [0.25, 0.3) is 5.91 Å². The van der Waals surface area contributed by atoms with E-state index in [1.807, 2.05) is 0 Å². The van der Waals surface area contributed by atoms with Crippen molar-refractivity contribution in [3.63, 3.8) is 0 Å². The van der Waals surface area contributed by atoms with Crippen LogP contribution < -0.4 is 5.32 Å². The molecule has 0 aromatic heterocycles. The molecule has 18 heteroatoms. The molecule has 1 N–H and O–H groups in total. The molecule has 9 atom stereocenters. The molecule has 0 saturated carbocycles. The lowest BCUT2D eigenvalue weighted by molar-refractivity contribution is -0.310. The van der Waals surface area contributed by atoms with Gasteiger partial charge in [0.15, 0.2) is 36.8 Å². The van der Waals surface area contributed by atoms with Crippen LogP contribution in [0.5, 0.6) is 0 Å². The lowest BCUT2D eigenvalue weighted by atomic mass is 9.97. The Balaban J connectivity index is 3.29. The average Bonchev–Trinajstić information content (AvgIpc) is 3.44. The fourth-order valence-electron chi connectivity index (χ4n) is 10.2. The fraction of sp³-hybridized carbons (Fsp3) is 0.841. The van der Waals surface area contributed by atoms with Gasteiger partial charge in [0, 0.05) is 48.5 Å². The van der Waals surface area contributed by atoms with Crippen LogP contribution in [0, 0.1) is 0 Å². The molecule has 1 aliphatic heterocycles. The second-order valence-electron chi connectivity index (χ2n) is 22.0. The fourth-order valence-corrected chi connectivity index (χ4v) is 10.2. The minimum absolute atomic E-state index is 0.175. The average molecular weight is 1150 g/mol. The van der Waals surface area contributed by atoms with Crippen LogP contribution in [0.3, 0.4) is 0 Å². The van der Waals surface area contributed by atoms with Crippen LogP contribution in [0.25, 0.3) is 0 Å². The van der Waals surface area contributed by atoms with Gasteiger partial charge < -0.3 is 47.9 Å². The summed E-state index contributed by atoms with van der Waals surface area (Å²) in [6.45, 7) is 11.3. The first-order chi connectivity index (χ1) is 38.9. The molecule has 1 aliphatic rings. The highest BCUT2D eigenvalue weighted by atomic mass is 16.7. The highest BCUT2D eigenvalue weighted by Crippen LogP contribution is 2.31. The van der Waals surface area contributed by atoms with Crippen molar-refractivity contribution in [2.75, 3.05) is 13.2 Å². The zero-order valence-corrected chi connectivity index (χ0v) is 51.5. The van der Waals surface area contributed by atoms with Gasteiger partial charge in [-0.1, -0.05) is 193 Å². The Labute approximate surface area is 487 Å². The van der Waals surface area contributed by atoms with E-state index in [9.17, 15) is 38.4 Å². The van der Waals surface area contributed by atoms with Crippen molar-refractivity contribution in [3.05, 3.63) is 12.2 Å². The van der Waals surface area contributed by atoms with Gasteiger partial charge >= 0.3 is 41.8 Å². The number of carbonyl (C=O) groups excluding carboxylic acids is 8. The molecule has 0 aromatic carbocycles. The Morgan fingerprint density at radius 2 is 0.840 bits per heavy atom. The van der Waals surface area contributed by atoms with Crippen LogP contribution in [0.15, 0.2) is 12.2 Å². The van der Waals surface area contributed by atoms with Crippen molar-refractivity contribution in [3.8, 4) is 0 Å². The summed E-state index contributed by atoms with van der Waals surface area (Å²) in [6, 6.07) is -1.37. The third-order valence-corrected chi connectivity index (χ3v) is 14.3. The quantitative estimate of drug-likeness (QED) is 0.0258. The summed E-state index contributed by atoms with van der Waals surface area (Å²) in [5.74, 6) is -6.19. The van der Waals surface area contributed by atoms with Gasteiger partial charge in [-0.25, -0.2) is 0 Å². The number of carbonyl (C=O) groups is 8. The van der Waals surface area contributed by atoms with Crippen molar-refractivity contribution >= 4 is 47.7 Å². The van der Waals surface area contributed by atoms with Gasteiger partial charge in [-0.3, -0.25) is 38.4 Å². The normalized spacial score (nSPS) is 18.5. The summed E-state index contributed by atoms with van der Waals surface area (Å²) in [4.78, 5) is 102. The lowest BCUT2D eigenvalue weighted by Crippen LogP contribution is -2.63. The molecule has 0 bridgehead atoms. The lowest BCUT2D eigenvalue weighted by Gasteiger charge is -2.44. The van der Waals surface area contributed by atoms with Gasteiger partial charge in [-0.15, -0.1) is 0 Å². The van der Waals surface area contributed by atoms with Crippen LogP contribution in [0.2, 0.25) is 0 Å². The number of hydrogen-bond donors (Lipinski definition) is 1. The van der Waals surface area contributed by atoms with Crippen LogP contribution in [-0.2, 0) is 81.0 Å². The molecule has 0 unspecified atom stereocenters. The molecule has 1 amide bonds. The molecule has 1 heterocycles. The summed E-state index contributed by atoms with van der Waals surface area (Å²) in [6.07, 6.45) is 29.0. The third-order valence-electron chi connectivity index (χ3n) is 14.3. The maximum Gasteiger partial charge on any atom is 0.303 e. The van der Waals surface area contributed by atoms with E-state index in [0.717, 1.165) is 79.6 Å². The van der Waals surface area contributed by atoms with Gasteiger partial charge in [0.1, 0.15) is 18.8 Å². The Kier molecular flexibility index (Phi) is 44.0. The van der Waals surface area contributed by atoms with E-state index in [0.29, 0.717) is 19.3 Å². The Bertz CT molecular complexity index is 1770.